The Balaban J connectivity index is 2.67. The molecule has 1 unspecified atom stereocenters. The molecular weight excluding hydrogens is 307 g/mol. The molecule has 1 aromatic heterocycles. The van der Waals surface area contributed by atoms with E-state index in [-0.39, 0.29) is 21.2 Å². The van der Waals surface area contributed by atoms with E-state index in [0.29, 0.717) is 5.25 Å². The van der Waals surface area contributed by atoms with Gasteiger partial charge in [-0.25, -0.2) is 0 Å². The third-order valence-electron chi connectivity index (χ3n) is 2.02. The molecule has 0 amide bonds. The van der Waals surface area contributed by atoms with Crippen molar-refractivity contribution in [1.82, 2.24) is 4.98 Å². The van der Waals surface area contributed by atoms with Gasteiger partial charge in [0.05, 0.1) is 0 Å². The minimum absolute atomic E-state index is 0.120. The Labute approximate surface area is 100 Å². The van der Waals surface area contributed by atoms with E-state index in [1.165, 1.54) is 14.3 Å². The number of hydrogen-bond donors (Lipinski definition) is 1. The first-order valence-electron chi connectivity index (χ1n) is 4.45. The fraction of sp³-hybridized carbons (Fsp3) is 0.500. The third-order valence-corrected chi connectivity index (χ3v) is 6.18. The summed E-state index contributed by atoms with van der Waals surface area (Å²) < 4.78 is 1.32. The average molecular weight is 323 g/mol. The number of nitrogens with zero attached hydrogens (tertiary/aromatic N) is 1. The normalized spacial score (nSPS) is 14.7. The first-order chi connectivity index (χ1) is 6.69. The summed E-state index contributed by atoms with van der Waals surface area (Å²) in [6.07, 6.45) is 2.01. The zero-order valence-corrected chi connectivity index (χ0v) is 11.9. The van der Waals surface area contributed by atoms with E-state index in [4.69, 9.17) is 0 Å². The Bertz CT molecular complexity index is 320. The Morgan fingerprint density at radius 1 is 1.64 bits per heavy atom. The van der Waals surface area contributed by atoms with Gasteiger partial charge in [0.15, 0.2) is 0 Å². The number of aromatic amines is 1. The van der Waals surface area contributed by atoms with Gasteiger partial charge >= 0.3 is 101 Å². The standard InChI is InChI=1S/C10H16IN2S/c1-7-5-6-13-9(7)8(2)14-10(11-3)12-4/h5-6,8,13H,1-4H3/q-1. The summed E-state index contributed by atoms with van der Waals surface area (Å²) in [5, 5.41) is 0.489. The van der Waals surface area contributed by atoms with Crippen LogP contribution in [0, 0.1) is 6.92 Å². The zero-order valence-electron chi connectivity index (χ0n) is 8.97. The van der Waals surface area contributed by atoms with E-state index in [1.54, 1.807) is 0 Å². The van der Waals surface area contributed by atoms with Crippen molar-refractivity contribution in [2.24, 2.45) is 4.99 Å². The summed E-state index contributed by atoms with van der Waals surface area (Å²) in [6.45, 7) is 4.38. The van der Waals surface area contributed by atoms with E-state index < -0.39 is 0 Å². The predicted molar refractivity (Wildman–Crippen MR) is 60.8 cm³/mol. The molecule has 1 atom stereocenters. The number of aromatic nitrogens is 1. The first kappa shape index (κ1) is 12.1. The van der Waals surface area contributed by atoms with Crippen molar-refractivity contribution >= 4 is 14.8 Å². The van der Waals surface area contributed by atoms with Crippen LogP contribution in [0.4, 0.5) is 0 Å². The van der Waals surface area contributed by atoms with Gasteiger partial charge in [-0.05, 0) is 0 Å². The van der Waals surface area contributed by atoms with Crippen LogP contribution < -0.4 is 21.2 Å². The fourth-order valence-corrected chi connectivity index (χ4v) is 4.53. The molecule has 1 aromatic rings. The van der Waals surface area contributed by atoms with Crippen LogP contribution in [0.1, 0.15) is 23.4 Å². The van der Waals surface area contributed by atoms with Crippen molar-refractivity contribution < 1.29 is 21.2 Å². The maximum atomic E-state index is 4.30. The van der Waals surface area contributed by atoms with Gasteiger partial charge in [-0.15, -0.1) is 0 Å². The van der Waals surface area contributed by atoms with Crippen molar-refractivity contribution in [3.63, 3.8) is 0 Å². The monoisotopic (exact) mass is 323 g/mol. The first-order valence-corrected chi connectivity index (χ1v) is 8.57. The number of aliphatic imine (C=N–C) groups is 1. The van der Waals surface area contributed by atoms with Crippen LogP contribution in [0.5, 0.6) is 0 Å². The number of aryl methyl sites for hydroxylation is 1. The SMILES string of the molecule is CN=C(SC(C)c1[nH]ccc1C)[I-]C. The van der Waals surface area contributed by atoms with E-state index >= 15 is 0 Å². The molecule has 0 aliphatic heterocycles. The molecule has 4 heteroatoms. The maximum absolute atomic E-state index is 4.30. The second kappa shape index (κ2) is 5.80. The molecule has 0 aliphatic carbocycles. The number of thioether (sulfide) groups is 1. The summed E-state index contributed by atoms with van der Waals surface area (Å²) in [4.78, 5) is 9.85. The van der Waals surface area contributed by atoms with Crippen LogP contribution in [0.15, 0.2) is 17.3 Å². The number of halogens is 1. The summed E-state index contributed by atoms with van der Waals surface area (Å²) in [6, 6.07) is 2.12. The van der Waals surface area contributed by atoms with E-state index in [1.807, 2.05) is 25.0 Å². The molecule has 1 N–H and O–H groups in total. The van der Waals surface area contributed by atoms with Gasteiger partial charge in [0.2, 0.25) is 0 Å². The number of alkyl halides is 1. The Kier molecular flexibility index (Phi) is 5.01. The average Bonchev–Trinajstić information content (AvgIpc) is 2.60. The Morgan fingerprint density at radius 2 is 2.36 bits per heavy atom. The molecule has 0 saturated carbocycles. The van der Waals surface area contributed by atoms with Crippen LogP contribution in [0.2, 0.25) is 0 Å². The Hall–Kier alpha value is 0.0300. The molecule has 0 saturated heterocycles. The van der Waals surface area contributed by atoms with Gasteiger partial charge in [-0.1, -0.05) is 0 Å². The molecule has 0 fully saturated rings. The van der Waals surface area contributed by atoms with Crippen LogP contribution >= 0.6 is 11.8 Å². The number of nitrogens with one attached hydrogen (secondary N) is 1. The van der Waals surface area contributed by atoms with Gasteiger partial charge in [0.1, 0.15) is 0 Å². The second-order valence-corrected chi connectivity index (χ2v) is 7.16. The van der Waals surface area contributed by atoms with Crippen LogP contribution in [0.25, 0.3) is 0 Å². The van der Waals surface area contributed by atoms with Crippen molar-refractivity contribution in [1.29, 1.82) is 0 Å². The summed E-state index contributed by atoms with van der Waals surface area (Å²) in [7, 11) is 1.89. The fourth-order valence-electron chi connectivity index (χ4n) is 1.28. The number of hydrogen-bond acceptors (Lipinski definition) is 2. The second-order valence-electron chi connectivity index (χ2n) is 3.00. The van der Waals surface area contributed by atoms with Crippen molar-refractivity contribution in [3.05, 3.63) is 23.5 Å². The molecule has 1 heterocycles. The minimum atomic E-state index is 0.120. The Morgan fingerprint density at radius 3 is 2.79 bits per heavy atom. The molecule has 2 nitrogen and oxygen atoms in total. The summed E-state index contributed by atoms with van der Waals surface area (Å²) in [5.74, 6) is 0. The van der Waals surface area contributed by atoms with Crippen LogP contribution in [-0.2, 0) is 0 Å². The van der Waals surface area contributed by atoms with Crippen molar-refractivity contribution in [2.45, 2.75) is 19.1 Å². The predicted octanol–water partition coefficient (Wildman–Crippen LogP) is -0.178. The molecule has 0 aromatic carbocycles. The molecule has 0 aliphatic rings. The molecule has 14 heavy (non-hydrogen) atoms. The number of rotatable bonds is 3. The van der Waals surface area contributed by atoms with Gasteiger partial charge in [-0.2, -0.15) is 0 Å². The zero-order chi connectivity index (χ0) is 10.6. The summed E-state index contributed by atoms with van der Waals surface area (Å²) >= 11 is 2.00. The van der Waals surface area contributed by atoms with Gasteiger partial charge < -0.3 is 0 Å². The van der Waals surface area contributed by atoms with E-state index in [9.17, 15) is 0 Å². The van der Waals surface area contributed by atoms with Crippen LogP contribution in [0.3, 0.4) is 0 Å². The van der Waals surface area contributed by atoms with E-state index in [0.717, 1.165) is 0 Å². The molecule has 1 rings (SSSR count). The topological polar surface area (TPSA) is 28.1 Å². The van der Waals surface area contributed by atoms with Crippen molar-refractivity contribution in [3.8, 4) is 0 Å². The van der Waals surface area contributed by atoms with Gasteiger partial charge in [0, 0.05) is 0 Å². The van der Waals surface area contributed by atoms with Gasteiger partial charge in [-0.3, -0.25) is 0 Å². The van der Waals surface area contributed by atoms with E-state index in [2.05, 4.69) is 34.8 Å². The third kappa shape index (κ3) is 3.02. The molecule has 0 spiro atoms. The van der Waals surface area contributed by atoms with Crippen LogP contribution in [-0.4, -0.2) is 20.0 Å². The van der Waals surface area contributed by atoms with Gasteiger partial charge in [0.25, 0.3) is 0 Å². The van der Waals surface area contributed by atoms with Crippen molar-refractivity contribution in [2.75, 3.05) is 12.0 Å². The molecule has 0 bridgehead atoms. The number of H-pyrrole nitrogens is 1. The molecule has 80 valence electrons. The molecular formula is C10H16IN2S-. The quantitative estimate of drug-likeness (QED) is 0.356. The molecule has 0 radical (unpaired) electrons. The summed E-state index contributed by atoms with van der Waals surface area (Å²) in [5.41, 5.74) is 2.67.